The number of rotatable bonds is 4. The number of aromatic nitrogens is 4. The molecule has 0 radical (unpaired) electrons. The van der Waals surface area contributed by atoms with Crippen LogP contribution in [0.5, 0.6) is 0 Å². The molecule has 0 saturated heterocycles. The van der Waals surface area contributed by atoms with Crippen LogP contribution in [-0.2, 0) is 19.8 Å². The minimum Gasteiger partial charge on any atom is -0.336 e. The van der Waals surface area contributed by atoms with Crippen LogP contribution in [0.25, 0.3) is 5.69 Å². The summed E-state index contributed by atoms with van der Waals surface area (Å²) in [6.45, 7) is 0.187. The second-order valence-corrected chi connectivity index (χ2v) is 6.29. The molecule has 0 bridgehead atoms. The third-order valence-corrected chi connectivity index (χ3v) is 4.29. The van der Waals surface area contributed by atoms with E-state index in [1.54, 1.807) is 23.1 Å². The first-order valence-corrected chi connectivity index (χ1v) is 8.20. The van der Waals surface area contributed by atoms with Crippen LogP contribution < -0.4 is 0 Å². The lowest BCUT2D eigenvalue weighted by Crippen LogP contribution is -2.27. The molecule has 0 fully saturated rings. The van der Waals surface area contributed by atoms with Crippen molar-refractivity contribution in [3.63, 3.8) is 0 Å². The van der Waals surface area contributed by atoms with Crippen LogP contribution >= 0.6 is 11.6 Å². The second kappa shape index (κ2) is 7.07. The number of hydrogen-bond donors (Lipinski definition) is 0. The van der Waals surface area contributed by atoms with Gasteiger partial charge in [0.15, 0.2) is 11.4 Å². The van der Waals surface area contributed by atoms with Crippen molar-refractivity contribution < 1.29 is 18.0 Å². The summed E-state index contributed by atoms with van der Waals surface area (Å²) in [6, 6.07) is 9.07. The average molecular weight is 398 g/mol. The number of halogens is 4. The lowest BCUT2D eigenvalue weighted by Gasteiger charge is -2.16. The summed E-state index contributed by atoms with van der Waals surface area (Å²) in [7, 11) is 2.57. The highest BCUT2D eigenvalue weighted by Crippen LogP contribution is 2.36. The van der Waals surface area contributed by atoms with E-state index in [9.17, 15) is 18.0 Å². The van der Waals surface area contributed by atoms with Gasteiger partial charge in [0.05, 0.1) is 5.69 Å². The van der Waals surface area contributed by atoms with Crippen molar-refractivity contribution in [1.82, 2.24) is 24.5 Å². The Morgan fingerprint density at radius 1 is 1.26 bits per heavy atom. The zero-order valence-electron chi connectivity index (χ0n) is 14.4. The predicted molar refractivity (Wildman–Crippen MR) is 92.6 cm³/mol. The molecule has 1 aromatic carbocycles. The Kier molecular flexibility index (Phi) is 4.97. The van der Waals surface area contributed by atoms with Gasteiger partial charge < -0.3 is 4.90 Å². The van der Waals surface area contributed by atoms with Gasteiger partial charge in [0.25, 0.3) is 5.91 Å². The zero-order chi connectivity index (χ0) is 19.8. The molecule has 3 rings (SSSR count). The Morgan fingerprint density at radius 2 is 1.93 bits per heavy atom. The van der Waals surface area contributed by atoms with E-state index >= 15 is 0 Å². The molecule has 0 saturated carbocycles. The number of carbonyl (C=O) groups excluding carboxylic acids is 1. The fourth-order valence-corrected chi connectivity index (χ4v) is 2.99. The molecular formula is C17H15ClF3N5O. The molecule has 2 aromatic heterocycles. The van der Waals surface area contributed by atoms with Gasteiger partial charge in [-0.15, -0.1) is 0 Å². The van der Waals surface area contributed by atoms with E-state index < -0.39 is 28.5 Å². The van der Waals surface area contributed by atoms with Crippen molar-refractivity contribution in [2.45, 2.75) is 12.7 Å². The van der Waals surface area contributed by atoms with E-state index in [1.807, 2.05) is 24.3 Å². The molecule has 0 spiro atoms. The summed E-state index contributed by atoms with van der Waals surface area (Å²) >= 11 is 5.77. The Labute approximate surface area is 157 Å². The van der Waals surface area contributed by atoms with Gasteiger partial charge in [-0.25, -0.2) is 4.68 Å². The van der Waals surface area contributed by atoms with Crippen LogP contribution in [0.1, 0.15) is 21.7 Å². The van der Waals surface area contributed by atoms with E-state index in [-0.39, 0.29) is 6.54 Å². The maximum Gasteiger partial charge on any atom is 0.434 e. The summed E-state index contributed by atoms with van der Waals surface area (Å²) in [5.41, 5.74) is 0.0665. The molecule has 6 nitrogen and oxygen atoms in total. The average Bonchev–Trinajstić information content (AvgIpc) is 3.22. The number of amides is 1. The van der Waals surface area contributed by atoms with Crippen molar-refractivity contribution in [3.05, 3.63) is 64.7 Å². The van der Waals surface area contributed by atoms with Crippen LogP contribution in [0.2, 0.25) is 5.02 Å². The monoisotopic (exact) mass is 397 g/mol. The molecule has 2 heterocycles. The molecule has 27 heavy (non-hydrogen) atoms. The molecular weight excluding hydrogens is 383 g/mol. The van der Waals surface area contributed by atoms with Crippen molar-refractivity contribution in [1.29, 1.82) is 0 Å². The molecule has 0 aliphatic carbocycles. The minimum atomic E-state index is -4.70. The second-order valence-electron chi connectivity index (χ2n) is 5.91. The van der Waals surface area contributed by atoms with Crippen molar-refractivity contribution in [2.24, 2.45) is 7.05 Å². The van der Waals surface area contributed by atoms with E-state index in [2.05, 4.69) is 10.2 Å². The van der Waals surface area contributed by atoms with Gasteiger partial charge in [-0.3, -0.25) is 9.48 Å². The maximum absolute atomic E-state index is 13.0. The number of nitrogens with zero attached hydrogens (tertiary/aromatic N) is 5. The van der Waals surface area contributed by atoms with Crippen LogP contribution in [0, 0.1) is 0 Å². The summed E-state index contributed by atoms with van der Waals surface area (Å²) in [4.78, 5) is 13.8. The summed E-state index contributed by atoms with van der Waals surface area (Å²) < 4.78 is 41.3. The highest BCUT2D eigenvalue weighted by atomic mass is 35.5. The van der Waals surface area contributed by atoms with Gasteiger partial charge in [-0.2, -0.15) is 23.4 Å². The molecule has 142 valence electrons. The molecule has 10 heteroatoms. The molecule has 0 N–H and O–H groups in total. The van der Waals surface area contributed by atoms with Crippen LogP contribution in [0.3, 0.4) is 0 Å². The molecule has 0 aliphatic rings. The Balaban J connectivity index is 1.77. The third-order valence-electron chi connectivity index (χ3n) is 3.93. The lowest BCUT2D eigenvalue weighted by atomic mass is 10.2. The van der Waals surface area contributed by atoms with Gasteiger partial charge >= 0.3 is 6.18 Å². The highest BCUT2D eigenvalue weighted by Gasteiger charge is 2.40. The van der Waals surface area contributed by atoms with Crippen molar-refractivity contribution in [3.8, 4) is 5.69 Å². The number of benzene rings is 1. The van der Waals surface area contributed by atoms with E-state index in [0.717, 1.165) is 18.3 Å². The quantitative estimate of drug-likeness (QED) is 0.676. The first-order chi connectivity index (χ1) is 12.7. The smallest absolute Gasteiger partial charge is 0.336 e. The molecule has 1 amide bonds. The Morgan fingerprint density at radius 3 is 2.44 bits per heavy atom. The zero-order valence-corrected chi connectivity index (χ0v) is 15.2. The van der Waals surface area contributed by atoms with Gasteiger partial charge in [0.1, 0.15) is 5.02 Å². The molecule has 0 atom stereocenters. The minimum absolute atomic E-state index is 0.187. The van der Waals surface area contributed by atoms with Gasteiger partial charge in [0, 0.05) is 33.0 Å². The van der Waals surface area contributed by atoms with Crippen LogP contribution in [0.4, 0.5) is 13.2 Å². The maximum atomic E-state index is 13.0. The number of aryl methyl sites for hydroxylation is 1. The fraction of sp³-hybridized carbons (Fsp3) is 0.235. The summed E-state index contributed by atoms with van der Waals surface area (Å²) in [5.74, 6) is -0.692. The highest BCUT2D eigenvalue weighted by molar-refractivity contribution is 6.34. The largest absolute Gasteiger partial charge is 0.434 e. The van der Waals surface area contributed by atoms with Gasteiger partial charge in [-0.05, 0) is 23.8 Å². The fourth-order valence-electron chi connectivity index (χ4n) is 2.64. The normalized spacial score (nSPS) is 11.6. The summed E-state index contributed by atoms with van der Waals surface area (Å²) in [5, 5.41) is 7.07. The molecule has 0 aliphatic heterocycles. The SMILES string of the molecule is CN(Cc1ccc(-n2cccn2)cc1)C(=O)c1nn(C)c(C(F)(F)F)c1Cl. The third kappa shape index (κ3) is 3.82. The van der Waals surface area contributed by atoms with Crippen LogP contribution in [-0.4, -0.2) is 37.4 Å². The Bertz CT molecular complexity index is 948. The van der Waals surface area contributed by atoms with E-state index in [0.29, 0.717) is 4.68 Å². The van der Waals surface area contributed by atoms with Crippen molar-refractivity contribution in [2.75, 3.05) is 7.05 Å². The predicted octanol–water partition coefficient (Wildman–Crippen LogP) is 3.55. The standard InChI is InChI=1S/C17H15ClF3N5O/c1-24(10-11-4-6-12(7-5-11)26-9-3-8-22-26)16(27)14-13(18)15(17(19,20)21)25(2)23-14/h3-9H,10H2,1-2H3. The topological polar surface area (TPSA) is 56.0 Å². The van der Waals surface area contributed by atoms with Gasteiger partial charge in [0.2, 0.25) is 0 Å². The van der Waals surface area contributed by atoms with Crippen LogP contribution in [0.15, 0.2) is 42.7 Å². The first-order valence-electron chi connectivity index (χ1n) is 7.82. The van der Waals surface area contributed by atoms with Gasteiger partial charge in [-0.1, -0.05) is 23.7 Å². The number of carbonyl (C=O) groups is 1. The lowest BCUT2D eigenvalue weighted by molar-refractivity contribution is -0.143. The first kappa shape index (κ1) is 19.0. The number of alkyl halides is 3. The van der Waals surface area contributed by atoms with E-state index in [4.69, 9.17) is 11.6 Å². The van der Waals surface area contributed by atoms with Crippen molar-refractivity contribution >= 4 is 17.5 Å². The molecule has 3 aromatic rings. The van der Waals surface area contributed by atoms with E-state index in [1.165, 1.54) is 11.9 Å². The molecule has 0 unspecified atom stereocenters. The number of hydrogen-bond acceptors (Lipinski definition) is 3. The summed E-state index contributed by atoms with van der Waals surface area (Å²) in [6.07, 6.45) is -1.24. The Hall–Kier alpha value is -2.81.